The maximum Gasteiger partial charge on any atom is 0.416 e. The molecule has 1 atom stereocenters. The third-order valence-corrected chi connectivity index (χ3v) is 6.08. The second-order valence-corrected chi connectivity index (χ2v) is 8.39. The lowest BCUT2D eigenvalue weighted by Crippen LogP contribution is -2.48. The van der Waals surface area contributed by atoms with Crippen LogP contribution in [0, 0.1) is 0 Å². The van der Waals surface area contributed by atoms with Gasteiger partial charge >= 0.3 is 6.18 Å². The number of aromatic nitrogens is 2. The van der Waals surface area contributed by atoms with E-state index < -0.39 is 29.6 Å². The Labute approximate surface area is 199 Å². The van der Waals surface area contributed by atoms with Crippen LogP contribution in [-0.2, 0) is 25.3 Å². The highest BCUT2D eigenvalue weighted by molar-refractivity contribution is 5.98. The largest absolute Gasteiger partial charge is 0.416 e. The number of nitrogen functional groups attached to an aromatic ring is 1. The molecule has 2 aliphatic rings. The summed E-state index contributed by atoms with van der Waals surface area (Å²) in [7, 11) is 0. The Hall–Kier alpha value is -3.54. The number of nitrogens with zero attached hydrogens (tertiary/aromatic N) is 4. The number of hydrogen-bond donors (Lipinski definition) is 1. The SMILES string of the molecule is Nc1ncc(-c2cccc(C(F)(F)F)c2)c(C2CCCCN2C(=O)CCN2C(=O)COCC2=O)n1. The average molecular weight is 491 g/mol. The Kier molecular flexibility index (Phi) is 7.01. The van der Waals surface area contributed by atoms with Gasteiger partial charge in [-0.2, -0.15) is 13.2 Å². The molecule has 1 aromatic carbocycles. The zero-order valence-corrected chi connectivity index (χ0v) is 18.8. The van der Waals surface area contributed by atoms with E-state index in [1.54, 1.807) is 4.90 Å². The van der Waals surface area contributed by atoms with Crippen molar-refractivity contribution >= 4 is 23.7 Å². The van der Waals surface area contributed by atoms with Crippen LogP contribution in [0.25, 0.3) is 11.1 Å². The number of likely N-dealkylation sites (tertiary alicyclic amines) is 1. The van der Waals surface area contributed by atoms with E-state index in [9.17, 15) is 27.6 Å². The minimum Gasteiger partial charge on any atom is -0.368 e. The zero-order chi connectivity index (χ0) is 25.2. The van der Waals surface area contributed by atoms with E-state index in [2.05, 4.69) is 9.97 Å². The zero-order valence-electron chi connectivity index (χ0n) is 18.8. The molecule has 0 saturated carbocycles. The molecule has 9 nitrogen and oxygen atoms in total. The fourth-order valence-corrected chi connectivity index (χ4v) is 4.38. The first-order valence-corrected chi connectivity index (χ1v) is 11.2. The number of anilines is 1. The normalized spacial score (nSPS) is 19.2. The number of imide groups is 1. The first kappa shape index (κ1) is 24.6. The van der Waals surface area contributed by atoms with E-state index in [1.807, 2.05) is 0 Å². The summed E-state index contributed by atoms with van der Waals surface area (Å²) < 4.78 is 44.8. The molecule has 1 aromatic heterocycles. The number of piperidine rings is 1. The summed E-state index contributed by atoms with van der Waals surface area (Å²) in [5.74, 6) is -1.36. The second-order valence-electron chi connectivity index (χ2n) is 8.39. The smallest absolute Gasteiger partial charge is 0.368 e. The van der Waals surface area contributed by atoms with Crippen molar-refractivity contribution in [2.24, 2.45) is 0 Å². The summed E-state index contributed by atoms with van der Waals surface area (Å²) in [6, 6.07) is 4.29. The van der Waals surface area contributed by atoms with E-state index in [0.29, 0.717) is 24.2 Å². The van der Waals surface area contributed by atoms with Crippen LogP contribution in [-0.4, -0.2) is 63.8 Å². The van der Waals surface area contributed by atoms with Crippen molar-refractivity contribution in [2.45, 2.75) is 37.9 Å². The third-order valence-electron chi connectivity index (χ3n) is 6.08. The molecule has 186 valence electrons. The summed E-state index contributed by atoms with van der Waals surface area (Å²) in [5.41, 5.74) is 5.99. The average Bonchev–Trinajstić information content (AvgIpc) is 2.83. The van der Waals surface area contributed by atoms with Gasteiger partial charge in [-0.1, -0.05) is 12.1 Å². The van der Waals surface area contributed by atoms with Gasteiger partial charge in [-0.25, -0.2) is 9.97 Å². The number of morpholine rings is 1. The van der Waals surface area contributed by atoms with Gasteiger partial charge in [-0.05, 0) is 37.0 Å². The molecule has 0 radical (unpaired) electrons. The van der Waals surface area contributed by atoms with Crippen LogP contribution in [0.5, 0.6) is 0 Å². The van der Waals surface area contributed by atoms with Gasteiger partial charge in [0.05, 0.1) is 17.3 Å². The van der Waals surface area contributed by atoms with Crippen molar-refractivity contribution < 1.29 is 32.3 Å². The molecule has 1 unspecified atom stereocenters. The van der Waals surface area contributed by atoms with Gasteiger partial charge in [0.25, 0.3) is 11.8 Å². The molecule has 2 aliphatic heterocycles. The van der Waals surface area contributed by atoms with Crippen LogP contribution in [0.2, 0.25) is 0 Å². The predicted molar refractivity (Wildman–Crippen MR) is 117 cm³/mol. The van der Waals surface area contributed by atoms with Crippen molar-refractivity contribution in [1.29, 1.82) is 0 Å². The minimum absolute atomic E-state index is 0.0572. The van der Waals surface area contributed by atoms with Crippen LogP contribution in [0.4, 0.5) is 19.1 Å². The Morgan fingerprint density at radius 3 is 2.63 bits per heavy atom. The van der Waals surface area contributed by atoms with Crippen molar-refractivity contribution in [1.82, 2.24) is 19.8 Å². The standard InChI is InChI=1S/C23H24F3N5O4/c24-23(25,26)15-5-3-4-14(10-15)16-11-28-22(27)29-21(16)17-6-1-2-8-30(17)18(32)7-9-31-19(33)12-35-13-20(31)34/h3-5,10-11,17H,1-2,6-9,12-13H2,(H2,27,28,29). The van der Waals surface area contributed by atoms with Crippen molar-refractivity contribution in [3.63, 3.8) is 0 Å². The number of carbonyl (C=O) groups excluding carboxylic acids is 3. The van der Waals surface area contributed by atoms with Gasteiger partial charge in [0.2, 0.25) is 11.9 Å². The lowest BCUT2D eigenvalue weighted by atomic mass is 9.93. The molecule has 0 spiro atoms. The number of alkyl halides is 3. The van der Waals surface area contributed by atoms with E-state index in [1.165, 1.54) is 18.3 Å². The third kappa shape index (κ3) is 5.42. The van der Waals surface area contributed by atoms with Crippen LogP contribution in [0.1, 0.15) is 43.0 Å². The summed E-state index contributed by atoms with van der Waals surface area (Å²) in [6.45, 7) is -0.102. The van der Waals surface area contributed by atoms with Gasteiger partial charge in [-0.3, -0.25) is 19.3 Å². The summed E-state index contributed by atoms with van der Waals surface area (Å²) in [4.78, 5) is 48.0. The quantitative estimate of drug-likeness (QED) is 0.639. The molecule has 2 fully saturated rings. The van der Waals surface area contributed by atoms with Crippen LogP contribution < -0.4 is 5.73 Å². The molecule has 3 heterocycles. The maximum atomic E-state index is 13.3. The molecular weight excluding hydrogens is 467 g/mol. The Bertz CT molecular complexity index is 1120. The van der Waals surface area contributed by atoms with Crippen LogP contribution >= 0.6 is 0 Å². The van der Waals surface area contributed by atoms with Crippen molar-refractivity contribution in [3.8, 4) is 11.1 Å². The number of rotatable bonds is 5. The van der Waals surface area contributed by atoms with Crippen LogP contribution in [0.15, 0.2) is 30.5 Å². The lowest BCUT2D eigenvalue weighted by molar-refractivity contribution is -0.158. The van der Waals surface area contributed by atoms with Gasteiger partial charge in [0, 0.05) is 31.3 Å². The Morgan fingerprint density at radius 1 is 1.17 bits per heavy atom. The predicted octanol–water partition coefficient (Wildman–Crippen LogP) is 2.57. The fraction of sp³-hybridized carbons (Fsp3) is 0.435. The molecule has 2 aromatic rings. The maximum absolute atomic E-state index is 13.3. The van der Waals surface area contributed by atoms with E-state index in [-0.39, 0.29) is 43.6 Å². The molecule has 12 heteroatoms. The number of ether oxygens (including phenoxy) is 1. The summed E-state index contributed by atoms with van der Waals surface area (Å²) in [5, 5.41) is 0. The van der Waals surface area contributed by atoms with Gasteiger partial charge in [-0.15, -0.1) is 0 Å². The van der Waals surface area contributed by atoms with E-state index in [4.69, 9.17) is 10.5 Å². The Balaban J connectivity index is 1.62. The van der Waals surface area contributed by atoms with Crippen LogP contribution in [0.3, 0.4) is 0 Å². The first-order chi connectivity index (χ1) is 16.6. The molecule has 4 rings (SSSR count). The summed E-state index contributed by atoms with van der Waals surface area (Å²) >= 11 is 0. The number of nitrogens with two attached hydrogens (primary N) is 1. The van der Waals surface area contributed by atoms with E-state index >= 15 is 0 Å². The monoisotopic (exact) mass is 491 g/mol. The highest BCUT2D eigenvalue weighted by Gasteiger charge is 2.34. The fourth-order valence-electron chi connectivity index (χ4n) is 4.38. The molecule has 3 amide bonds. The van der Waals surface area contributed by atoms with Crippen molar-refractivity contribution in [2.75, 3.05) is 32.0 Å². The first-order valence-electron chi connectivity index (χ1n) is 11.2. The topological polar surface area (TPSA) is 119 Å². The number of benzene rings is 1. The van der Waals surface area contributed by atoms with Gasteiger partial charge in [0.1, 0.15) is 13.2 Å². The molecule has 2 N–H and O–H groups in total. The number of hydrogen-bond acceptors (Lipinski definition) is 7. The number of amides is 3. The number of carbonyl (C=O) groups is 3. The minimum atomic E-state index is -4.52. The lowest BCUT2D eigenvalue weighted by Gasteiger charge is -2.37. The molecule has 2 saturated heterocycles. The molecule has 0 aliphatic carbocycles. The molecule has 35 heavy (non-hydrogen) atoms. The Morgan fingerprint density at radius 2 is 1.91 bits per heavy atom. The molecule has 0 bridgehead atoms. The van der Waals surface area contributed by atoms with Gasteiger partial charge < -0.3 is 15.4 Å². The molecular formula is C23H24F3N5O4. The highest BCUT2D eigenvalue weighted by Crippen LogP contribution is 2.38. The van der Waals surface area contributed by atoms with E-state index in [0.717, 1.165) is 29.9 Å². The van der Waals surface area contributed by atoms with Crippen molar-refractivity contribution in [3.05, 3.63) is 41.7 Å². The summed E-state index contributed by atoms with van der Waals surface area (Å²) in [6.07, 6.45) is -1.20. The number of halogens is 3. The second kappa shape index (κ2) is 9.98. The highest BCUT2D eigenvalue weighted by atomic mass is 19.4. The van der Waals surface area contributed by atoms with Gasteiger partial charge in [0.15, 0.2) is 0 Å².